The highest BCUT2D eigenvalue weighted by Crippen LogP contribution is 2.46. The quantitative estimate of drug-likeness (QED) is 0.366. The number of alkyl halides is 5. The molecular formula is C12H12F5O8S-. The minimum atomic E-state index is -6.80. The molecule has 0 radical (unpaired) electrons. The molecule has 0 amide bonds. The third-order valence-corrected chi connectivity index (χ3v) is 5.07. The zero-order valence-corrected chi connectivity index (χ0v) is 13.7. The highest BCUT2D eigenvalue weighted by atomic mass is 32.2. The standard InChI is InChI=1S/C12H13F5O8S/c1-23-8(18)6-4-2-3-5(24-4)7(6)9(19)25-10(11(13,14)15)12(16,17)26(20,21)22/h4-7,10H,2-3H2,1H3,(H,20,21,22)/p-1. The van der Waals surface area contributed by atoms with Crippen LogP contribution in [0, 0.1) is 11.8 Å². The summed E-state index contributed by atoms with van der Waals surface area (Å²) in [5.74, 6) is -6.04. The Morgan fingerprint density at radius 1 is 1.08 bits per heavy atom. The SMILES string of the molecule is COC(=O)C1C2CCC(O2)C1C(=O)OC(C(F)(F)F)C(F)(F)S(=O)(=O)[O-]. The average molecular weight is 411 g/mol. The molecule has 5 unspecified atom stereocenters. The Bertz CT molecular complexity index is 690. The molecule has 2 bridgehead atoms. The van der Waals surface area contributed by atoms with Gasteiger partial charge < -0.3 is 18.8 Å². The smallest absolute Gasteiger partial charge is 0.432 e. The maximum absolute atomic E-state index is 13.4. The second-order valence-electron chi connectivity index (χ2n) is 5.74. The van der Waals surface area contributed by atoms with Crippen LogP contribution >= 0.6 is 0 Å². The summed E-state index contributed by atoms with van der Waals surface area (Å²) >= 11 is 0. The number of methoxy groups -OCH3 is 1. The van der Waals surface area contributed by atoms with Crippen LogP contribution in [-0.4, -0.2) is 61.8 Å². The van der Waals surface area contributed by atoms with Gasteiger partial charge in [0.1, 0.15) is 0 Å². The maximum atomic E-state index is 13.4. The lowest BCUT2D eigenvalue weighted by Gasteiger charge is -2.32. The summed E-state index contributed by atoms with van der Waals surface area (Å²) in [4.78, 5) is 23.8. The van der Waals surface area contributed by atoms with E-state index in [-0.39, 0.29) is 12.8 Å². The zero-order chi connectivity index (χ0) is 20.1. The van der Waals surface area contributed by atoms with Gasteiger partial charge in [-0.25, -0.2) is 8.42 Å². The molecule has 2 aliphatic heterocycles. The van der Waals surface area contributed by atoms with E-state index in [1.165, 1.54) is 0 Å². The summed E-state index contributed by atoms with van der Waals surface area (Å²) < 4.78 is 110. The van der Waals surface area contributed by atoms with Gasteiger partial charge in [-0.05, 0) is 12.8 Å². The second-order valence-corrected chi connectivity index (χ2v) is 7.19. The summed E-state index contributed by atoms with van der Waals surface area (Å²) in [6.45, 7) is 0. The monoisotopic (exact) mass is 411 g/mol. The molecule has 0 aromatic carbocycles. The molecule has 0 saturated carbocycles. The predicted molar refractivity (Wildman–Crippen MR) is 67.5 cm³/mol. The van der Waals surface area contributed by atoms with E-state index >= 15 is 0 Å². The van der Waals surface area contributed by atoms with Crippen LogP contribution in [0.1, 0.15) is 12.8 Å². The number of carbonyl (C=O) groups excluding carboxylic acids is 2. The summed E-state index contributed by atoms with van der Waals surface area (Å²) in [5.41, 5.74) is 0. The van der Waals surface area contributed by atoms with Crippen LogP contribution in [0.5, 0.6) is 0 Å². The van der Waals surface area contributed by atoms with E-state index in [0.29, 0.717) is 0 Å². The lowest BCUT2D eigenvalue weighted by atomic mass is 9.79. The van der Waals surface area contributed by atoms with Gasteiger partial charge in [-0.3, -0.25) is 9.59 Å². The fourth-order valence-electron chi connectivity index (χ4n) is 3.06. The van der Waals surface area contributed by atoms with Crippen LogP contribution in [0.4, 0.5) is 22.0 Å². The minimum absolute atomic E-state index is 0.144. The van der Waals surface area contributed by atoms with Crippen molar-refractivity contribution >= 4 is 22.1 Å². The third-order valence-electron chi connectivity index (χ3n) is 4.19. The molecular weight excluding hydrogens is 399 g/mol. The number of hydrogen-bond acceptors (Lipinski definition) is 8. The summed E-state index contributed by atoms with van der Waals surface area (Å²) in [5, 5.41) is -5.96. The van der Waals surface area contributed by atoms with Crippen LogP contribution in [-0.2, 0) is 33.9 Å². The van der Waals surface area contributed by atoms with E-state index in [4.69, 9.17) is 4.74 Å². The molecule has 26 heavy (non-hydrogen) atoms. The molecule has 2 fully saturated rings. The number of rotatable bonds is 5. The van der Waals surface area contributed by atoms with Crippen molar-refractivity contribution in [3.05, 3.63) is 0 Å². The number of ether oxygens (including phenoxy) is 3. The number of hydrogen-bond donors (Lipinski definition) is 0. The van der Waals surface area contributed by atoms with Crippen molar-refractivity contribution in [2.45, 2.75) is 42.6 Å². The van der Waals surface area contributed by atoms with Crippen molar-refractivity contribution in [1.82, 2.24) is 0 Å². The Kier molecular flexibility index (Phi) is 5.24. The average Bonchev–Trinajstić information content (AvgIpc) is 3.09. The first-order chi connectivity index (χ1) is 11.7. The predicted octanol–water partition coefficient (Wildman–Crippen LogP) is 0.565. The van der Waals surface area contributed by atoms with Crippen LogP contribution in [0.15, 0.2) is 0 Å². The summed E-state index contributed by atoms with van der Waals surface area (Å²) in [6, 6.07) is 0. The van der Waals surface area contributed by atoms with Gasteiger partial charge in [-0.1, -0.05) is 0 Å². The van der Waals surface area contributed by atoms with Crippen molar-refractivity contribution < 1.29 is 58.7 Å². The van der Waals surface area contributed by atoms with Crippen LogP contribution < -0.4 is 0 Å². The molecule has 2 heterocycles. The topological polar surface area (TPSA) is 119 Å². The minimum Gasteiger partial charge on any atom is -0.743 e. The van der Waals surface area contributed by atoms with Crippen molar-refractivity contribution in [2.75, 3.05) is 7.11 Å². The molecule has 0 N–H and O–H groups in total. The largest absolute Gasteiger partial charge is 0.743 e. The number of esters is 2. The maximum Gasteiger partial charge on any atom is 0.432 e. The molecule has 0 aromatic heterocycles. The van der Waals surface area contributed by atoms with Crippen LogP contribution in [0.2, 0.25) is 0 Å². The molecule has 5 atom stereocenters. The molecule has 8 nitrogen and oxygen atoms in total. The highest BCUT2D eigenvalue weighted by molar-refractivity contribution is 7.86. The zero-order valence-electron chi connectivity index (χ0n) is 12.9. The fourth-order valence-corrected chi connectivity index (χ4v) is 3.51. The highest BCUT2D eigenvalue weighted by Gasteiger charge is 2.65. The van der Waals surface area contributed by atoms with Gasteiger partial charge in [-0.15, -0.1) is 0 Å². The Morgan fingerprint density at radius 2 is 1.54 bits per heavy atom. The molecule has 14 heteroatoms. The first kappa shape index (κ1) is 20.8. The number of carbonyl (C=O) groups is 2. The van der Waals surface area contributed by atoms with Gasteiger partial charge in [0.2, 0.25) is 0 Å². The van der Waals surface area contributed by atoms with E-state index in [0.717, 1.165) is 7.11 Å². The molecule has 2 rings (SSSR count). The Morgan fingerprint density at radius 3 is 1.92 bits per heavy atom. The lowest BCUT2D eigenvalue weighted by Crippen LogP contribution is -2.53. The first-order valence-corrected chi connectivity index (χ1v) is 8.46. The Labute approximate surface area is 143 Å². The number of fused-ring (bicyclic) bond motifs is 2. The van der Waals surface area contributed by atoms with Gasteiger partial charge in [0, 0.05) is 0 Å². The molecule has 2 saturated heterocycles. The van der Waals surface area contributed by atoms with Gasteiger partial charge in [-0.2, -0.15) is 22.0 Å². The second kappa shape index (κ2) is 6.56. The Hall–Kier alpha value is -1.54. The molecule has 0 aliphatic carbocycles. The van der Waals surface area contributed by atoms with E-state index in [2.05, 4.69) is 9.47 Å². The third kappa shape index (κ3) is 3.49. The first-order valence-electron chi connectivity index (χ1n) is 7.05. The molecule has 2 aliphatic rings. The van der Waals surface area contributed by atoms with Crippen molar-refractivity contribution in [1.29, 1.82) is 0 Å². The van der Waals surface area contributed by atoms with E-state index in [1.807, 2.05) is 0 Å². The van der Waals surface area contributed by atoms with Crippen LogP contribution in [0.25, 0.3) is 0 Å². The van der Waals surface area contributed by atoms with E-state index < -0.39 is 63.6 Å². The van der Waals surface area contributed by atoms with E-state index in [1.54, 1.807) is 0 Å². The van der Waals surface area contributed by atoms with Crippen molar-refractivity contribution in [2.24, 2.45) is 11.8 Å². The molecule has 150 valence electrons. The fraction of sp³-hybridized carbons (Fsp3) is 0.833. The summed E-state index contributed by atoms with van der Waals surface area (Å²) in [7, 11) is -5.86. The van der Waals surface area contributed by atoms with E-state index in [9.17, 15) is 44.5 Å². The normalized spacial score (nSPS) is 30.1. The lowest BCUT2D eigenvalue weighted by molar-refractivity contribution is -0.261. The molecule has 0 spiro atoms. The van der Waals surface area contributed by atoms with Crippen molar-refractivity contribution in [3.8, 4) is 0 Å². The summed E-state index contributed by atoms with van der Waals surface area (Å²) in [6.07, 6.45) is -12.1. The van der Waals surface area contributed by atoms with Crippen molar-refractivity contribution in [3.63, 3.8) is 0 Å². The Balaban J connectivity index is 2.31. The van der Waals surface area contributed by atoms with Gasteiger partial charge in [0.05, 0.1) is 31.2 Å². The number of halogens is 5. The van der Waals surface area contributed by atoms with Crippen LogP contribution in [0.3, 0.4) is 0 Å². The molecule has 0 aromatic rings. The van der Waals surface area contributed by atoms with Gasteiger partial charge in [0.15, 0.2) is 10.1 Å². The van der Waals surface area contributed by atoms with Gasteiger partial charge >= 0.3 is 23.4 Å². The van der Waals surface area contributed by atoms with Gasteiger partial charge in [0.25, 0.3) is 6.10 Å².